The van der Waals surface area contributed by atoms with E-state index in [1.165, 1.54) is 0 Å². The van der Waals surface area contributed by atoms with Crippen LogP contribution in [0.15, 0.2) is 78.9 Å². The normalized spacial score (nSPS) is 11.7. The molecule has 0 aliphatic heterocycles. The van der Waals surface area contributed by atoms with Crippen LogP contribution in [-0.4, -0.2) is 35.9 Å². The minimum absolute atomic E-state index is 0.0247. The molecule has 34 heavy (non-hydrogen) atoms. The van der Waals surface area contributed by atoms with Crippen LogP contribution in [0, 0.1) is 6.92 Å². The molecule has 1 atom stereocenters. The zero-order valence-corrected chi connectivity index (χ0v) is 20.5. The molecule has 0 aliphatic rings. The van der Waals surface area contributed by atoms with Crippen LogP contribution in [0.4, 0.5) is 0 Å². The molecule has 0 spiro atoms. The van der Waals surface area contributed by atoms with Crippen molar-refractivity contribution in [1.29, 1.82) is 0 Å². The maximum absolute atomic E-state index is 13.7. The summed E-state index contributed by atoms with van der Waals surface area (Å²) in [6, 6.07) is 24.7. The van der Waals surface area contributed by atoms with Crippen LogP contribution >= 0.6 is 0 Å². The van der Waals surface area contributed by atoms with Crippen molar-refractivity contribution in [2.75, 3.05) is 7.11 Å². The summed E-state index contributed by atoms with van der Waals surface area (Å²) in [4.78, 5) is 28.8. The Morgan fingerprint density at radius 3 is 2.18 bits per heavy atom. The van der Waals surface area contributed by atoms with Gasteiger partial charge in [0.2, 0.25) is 11.8 Å². The second kappa shape index (κ2) is 12.0. The predicted octanol–water partition coefficient (Wildman–Crippen LogP) is 4.71. The molecular weight excluding hydrogens is 424 g/mol. The van der Waals surface area contributed by atoms with E-state index in [-0.39, 0.29) is 24.3 Å². The summed E-state index contributed by atoms with van der Waals surface area (Å²) in [5.41, 5.74) is 4.01. The Bertz CT molecular complexity index is 1080. The summed E-state index contributed by atoms with van der Waals surface area (Å²) >= 11 is 0. The lowest BCUT2D eigenvalue weighted by Crippen LogP contribution is -2.52. The number of benzene rings is 3. The van der Waals surface area contributed by atoms with Crippen molar-refractivity contribution in [3.63, 3.8) is 0 Å². The second-order valence-electron chi connectivity index (χ2n) is 8.90. The Labute approximate surface area is 202 Å². The number of aryl methyl sites for hydroxylation is 1. The topological polar surface area (TPSA) is 58.6 Å². The third-order valence-electron chi connectivity index (χ3n) is 5.65. The van der Waals surface area contributed by atoms with Crippen molar-refractivity contribution < 1.29 is 14.3 Å². The lowest BCUT2D eigenvalue weighted by Gasteiger charge is -2.32. The van der Waals surface area contributed by atoms with Crippen LogP contribution in [0.3, 0.4) is 0 Å². The molecule has 0 fully saturated rings. The molecule has 1 N–H and O–H groups in total. The Morgan fingerprint density at radius 1 is 0.882 bits per heavy atom. The van der Waals surface area contributed by atoms with Crippen molar-refractivity contribution in [2.24, 2.45) is 0 Å². The molecule has 0 saturated carbocycles. The van der Waals surface area contributed by atoms with Gasteiger partial charge in [0.25, 0.3) is 0 Å². The summed E-state index contributed by atoms with van der Waals surface area (Å²) in [5.74, 6) is 0.507. The van der Waals surface area contributed by atoms with Gasteiger partial charge in [0.1, 0.15) is 11.8 Å². The number of nitrogens with zero attached hydrogens (tertiary/aromatic N) is 1. The summed E-state index contributed by atoms with van der Waals surface area (Å²) in [5, 5.41) is 3.03. The number of nitrogens with one attached hydrogen (secondary N) is 1. The molecular formula is C29H34N2O3. The number of hydrogen-bond acceptors (Lipinski definition) is 3. The van der Waals surface area contributed by atoms with E-state index in [1.807, 2.05) is 93.6 Å². The molecule has 0 bridgehead atoms. The first-order chi connectivity index (χ1) is 16.4. The summed E-state index contributed by atoms with van der Waals surface area (Å²) in [7, 11) is 1.62. The zero-order valence-electron chi connectivity index (χ0n) is 20.5. The first-order valence-corrected chi connectivity index (χ1v) is 11.7. The molecule has 2 amide bonds. The molecule has 1 unspecified atom stereocenters. The van der Waals surface area contributed by atoms with Crippen molar-refractivity contribution in [2.45, 2.75) is 52.2 Å². The average Bonchev–Trinajstić information content (AvgIpc) is 2.82. The van der Waals surface area contributed by atoms with Gasteiger partial charge in [-0.3, -0.25) is 9.59 Å². The Balaban J connectivity index is 1.95. The zero-order chi connectivity index (χ0) is 24.5. The van der Waals surface area contributed by atoms with Gasteiger partial charge < -0.3 is 15.0 Å². The van der Waals surface area contributed by atoms with E-state index in [1.54, 1.807) is 12.0 Å². The fourth-order valence-corrected chi connectivity index (χ4v) is 3.96. The molecule has 0 radical (unpaired) electrons. The van der Waals surface area contributed by atoms with E-state index in [0.29, 0.717) is 13.0 Å². The summed E-state index contributed by atoms with van der Waals surface area (Å²) in [6.45, 7) is 6.25. The van der Waals surface area contributed by atoms with Crippen LogP contribution in [0.2, 0.25) is 0 Å². The molecule has 3 aromatic rings. The van der Waals surface area contributed by atoms with Gasteiger partial charge in [-0.1, -0.05) is 72.3 Å². The second-order valence-corrected chi connectivity index (χ2v) is 8.90. The van der Waals surface area contributed by atoms with Gasteiger partial charge in [-0.25, -0.2) is 0 Å². The molecule has 3 aromatic carbocycles. The predicted molar refractivity (Wildman–Crippen MR) is 136 cm³/mol. The van der Waals surface area contributed by atoms with Crippen LogP contribution in [0.5, 0.6) is 5.75 Å². The summed E-state index contributed by atoms with van der Waals surface area (Å²) in [6.07, 6.45) is 0.648. The Kier molecular flexibility index (Phi) is 8.86. The smallest absolute Gasteiger partial charge is 0.243 e. The highest BCUT2D eigenvalue weighted by molar-refractivity contribution is 5.89. The van der Waals surface area contributed by atoms with Gasteiger partial charge in [0, 0.05) is 19.0 Å². The fraction of sp³-hybridized carbons (Fsp3) is 0.310. The number of methoxy groups -OCH3 is 1. The molecule has 0 aromatic heterocycles. The van der Waals surface area contributed by atoms with E-state index in [4.69, 9.17) is 4.74 Å². The largest absolute Gasteiger partial charge is 0.497 e. The number of carbonyl (C=O) groups is 2. The van der Waals surface area contributed by atoms with Crippen LogP contribution < -0.4 is 10.1 Å². The maximum atomic E-state index is 13.7. The monoisotopic (exact) mass is 458 g/mol. The van der Waals surface area contributed by atoms with Gasteiger partial charge in [-0.05, 0) is 49.6 Å². The maximum Gasteiger partial charge on any atom is 0.243 e. The first-order valence-electron chi connectivity index (χ1n) is 11.7. The van der Waals surface area contributed by atoms with Gasteiger partial charge >= 0.3 is 0 Å². The van der Waals surface area contributed by atoms with Crippen molar-refractivity contribution >= 4 is 11.8 Å². The van der Waals surface area contributed by atoms with E-state index in [2.05, 4.69) is 11.4 Å². The number of carbonyl (C=O) groups excluding carboxylic acids is 2. The molecule has 5 nitrogen and oxygen atoms in total. The summed E-state index contributed by atoms with van der Waals surface area (Å²) < 4.78 is 5.24. The highest BCUT2D eigenvalue weighted by atomic mass is 16.5. The Morgan fingerprint density at radius 2 is 1.56 bits per heavy atom. The minimum Gasteiger partial charge on any atom is -0.497 e. The fourth-order valence-electron chi connectivity index (χ4n) is 3.96. The molecule has 0 aliphatic carbocycles. The molecule has 0 heterocycles. The van der Waals surface area contributed by atoms with Gasteiger partial charge in [0.05, 0.1) is 13.5 Å². The lowest BCUT2D eigenvalue weighted by molar-refractivity contribution is -0.141. The van der Waals surface area contributed by atoms with Crippen LogP contribution in [0.25, 0.3) is 0 Å². The van der Waals surface area contributed by atoms with Crippen molar-refractivity contribution in [3.05, 3.63) is 101 Å². The number of amides is 2. The number of ether oxygens (including phenoxy) is 1. The third-order valence-corrected chi connectivity index (χ3v) is 5.65. The molecule has 5 heteroatoms. The van der Waals surface area contributed by atoms with Crippen LogP contribution in [0.1, 0.15) is 36.1 Å². The van der Waals surface area contributed by atoms with E-state index in [0.717, 1.165) is 28.0 Å². The van der Waals surface area contributed by atoms with Gasteiger partial charge in [0.15, 0.2) is 0 Å². The standard InChI is InChI=1S/C29H34N2O3/c1-21(2)30-29(33)27(18-23-10-6-5-7-11-23)31(20-25-12-8-9-22(3)17-25)28(32)19-24-13-15-26(34-4)16-14-24/h5-17,21,27H,18-20H2,1-4H3,(H,30,33). The number of rotatable bonds is 10. The third kappa shape index (κ3) is 7.20. The molecule has 0 saturated heterocycles. The highest BCUT2D eigenvalue weighted by Crippen LogP contribution is 2.18. The lowest BCUT2D eigenvalue weighted by atomic mass is 10.0. The van der Waals surface area contributed by atoms with Gasteiger partial charge in [-0.2, -0.15) is 0 Å². The quantitative estimate of drug-likeness (QED) is 0.479. The minimum atomic E-state index is -0.629. The van der Waals surface area contributed by atoms with E-state index < -0.39 is 6.04 Å². The number of hydrogen-bond donors (Lipinski definition) is 1. The highest BCUT2D eigenvalue weighted by Gasteiger charge is 2.30. The van der Waals surface area contributed by atoms with Crippen LogP contribution in [-0.2, 0) is 29.0 Å². The van der Waals surface area contributed by atoms with E-state index >= 15 is 0 Å². The van der Waals surface area contributed by atoms with E-state index in [9.17, 15) is 9.59 Å². The Hall–Kier alpha value is -3.60. The molecule has 3 rings (SSSR count). The first kappa shape index (κ1) is 25.0. The average molecular weight is 459 g/mol. The van der Waals surface area contributed by atoms with Gasteiger partial charge in [-0.15, -0.1) is 0 Å². The molecule has 178 valence electrons. The SMILES string of the molecule is COc1ccc(CC(=O)N(Cc2cccc(C)c2)C(Cc2ccccc2)C(=O)NC(C)C)cc1. The van der Waals surface area contributed by atoms with Crippen molar-refractivity contribution in [1.82, 2.24) is 10.2 Å². The van der Waals surface area contributed by atoms with Crippen molar-refractivity contribution in [3.8, 4) is 5.75 Å².